The maximum absolute atomic E-state index is 5.87. The zero-order chi connectivity index (χ0) is 10.8. The van der Waals surface area contributed by atoms with E-state index in [1.807, 2.05) is 11.3 Å². The van der Waals surface area contributed by atoms with Crippen molar-refractivity contribution < 1.29 is 0 Å². The summed E-state index contributed by atoms with van der Waals surface area (Å²) < 4.78 is 0. The quantitative estimate of drug-likeness (QED) is 0.734. The highest BCUT2D eigenvalue weighted by Gasteiger charge is 2.25. The molecule has 1 nitrogen and oxygen atoms in total. The molecule has 1 aromatic rings. The van der Waals surface area contributed by atoms with Crippen LogP contribution in [0.4, 0.5) is 0 Å². The molecule has 1 aromatic heterocycles. The number of rotatable bonds is 3. The standard InChI is InChI=1S/C12H18ClNS/c1-9(7-13)8-14-5-3-12-11(10(14)2)4-6-15-12/h4,6,9-10H,3,5,7-8H2,1-2H3. The number of hydrogen-bond donors (Lipinski definition) is 0. The smallest absolute Gasteiger partial charge is 0.0331 e. The maximum Gasteiger partial charge on any atom is 0.0331 e. The van der Waals surface area contributed by atoms with E-state index in [9.17, 15) is 0 Å². The summed E-state index contributed by atoms with van der Waals surface area (Å²) >= 11 is 7.78. The monoisotopic (exact) mass is 243 g/mol. The molecule has 0 saturated heterocycles. The second-order valence-corrected chi connectivity index (χ2v) is 5.79. The second kappa shape index (κ2) is 4.86. The van der Waals surface area contributed by atoms with E-state index in [2.05, 4.69) is 30.2 Å². The third-order valence-electron chi connectivity index (χ3n) is 3.21. The highest BCUT2D eigenvalue weighted by molar-refractivity contribution is 7.10. The van der Waals surface area contributed by atoms with E-state index in [-0.39, 0.29) is 0 Å². The van der Waals surface area contributed by atoms with E-state index in [0.29, 0.717) is 12.0 Å². The molecule has 0 saturated carbocycles. The van der Waals surface area contributed by atoms with Crippen LogP contribution in [0.25, 0.3) is 0 Å². The van der Waals surface area contributed by atoms with Gasteiger partial charge in [0.05, 0.1) is 0 Å². The lowest BCUT2D eigenvalue weighted by atomic mass is 10.0. The molecule has 15 heavy (non-hydrogen) atoms. The van der Waals surface area contributed by atoms with Crippen LogP contribution in [0.15, 0.2) is 11.4 Å². The van der Waals surface area contributed by atoms with Crippen molar-refractivity contribution >= 4 is 22.9 Å². The molecule has 0 spiro atoms. The Kier molecular flexibility index (Phi) is 3.70. The summed E-state index contributed by atoms with van der Waals surface area (Å²) in [4.78, 5) is 4.14. The van der Waals surface area contributed by atoms with E-state index in [0.717, 1.165) is 12.4 Å². The number of fused-ring (bicyclic) bond motifs is 1. The van der Waals surface area contributed by atoms with Gasteiger partial charge >= 0.3 is 0 Å². The summed E-state index contributed by atoms with van der Waals surface area (Å²) in [5.41, 5.74) is 1.54. The van der Waals surface area contributed by atoms with Crippen molar-refractivity contribution in [2.45, 2.75) is 26.3 Å². The first-order valence-corrected chi connectivity index (χ1v) is 7.00. The van der Waals surface area contributed by atoms with Crippen molar-refractivity contribution in [2.24, 2.45) is 5.92 Å². The molecule has 0 bridgehead atoms. The topological polar surface area (TPSA) is 3.24 Å². The molecule has 1 aliphatic rings. The molecule has 2 unspecified atom stereocenters. The van der Waals surface area contributed by atoms with Gasteiger partial charge in [0.2, 0.25) is 0 Å². The molecule has 0 aromatic carbocycles. The van der Waals surface area contributed by atoms with E-state index in [4.69, 9.17) is 11.6 Å². The summed E-state index contributed by atoms with van der Waals surface area (Å²) in [7, 11) is 0. The van der Waals surface area contributed by atoms with Crippen LogP contribution in [0, 0.1) is 5.92 Å². The predicted octanol–water partition coefficient (Wildman–Crippen LogP) is 3.54. The summed E-state index contributed by atoms with van der Waals surface area (Å²) in [6, 6.07) is 2.85. The van der Waals surface area contributed by atoms with Crippen LogP contribution < -0.4 is 0 Å². The van der Waals surface area contributed by atoms with Gasteiger partial charge in [0, 0.05) is 29.9 Å². The van der Waals surface area contributed by atoms with Gasteiger partial charge in [-0.3, -0.25) is 4.90 Å². The molecule has 3 heteroatoms. The molecule has 2 heterocycles. The zero-order valence-corrected chi connectivity index (χ0v) is 10.9. The van der Waals surface area contributed by atoms with Crippen LogP contribution in [0.2, 0.25) is 0 Å². The minimum Gasteiger partial charge on any atom is -0.296 e. The van der Waals surface area contributed by atoms with Crippen molar-refractivity contribution in [1.29, 1.82) is 0 Å². The first-order valence-electron chi connectivity index (χ1n) is 5.58. The number of alkyl halides is 1. The van der Waals surface area contributed by atoms with Crippen LogP contribution in [0.5, 0.6) is 0 Å². The number of halogens is 1. The first kappa shape index (κ1) is 11.4. The lowest BCUT2D eigenvalue weighted by Crippen LogP contribution is -2.36. The molecule has 0 aliphatic carbocycles. The average Bonchev–Trinajstić information content (AvgIpc) is 2.70. The van der Waals surface area contributed by atoms with E-state index >= 15 is 0 Å². The van der Waals surface area contributed by atoms with Gasteiger partial charge in [-0.15, -0.1) is 22.9 Å². The number of nitrogens with zero attached hydrogens (tertiary/aromatic N) is 1. The third-order valence-corrected chi connectivity index (χ3v) is 4.74. The molecule has 84 valence electrons. The fourth-order valence-electron chi connectivity index (χ4n) is 2.26. The van der Waals surface area contributed by atoms with Gasteiger partial charge in [-0.1, -0.05) is 6.92 Å². The van der Waals surface area contributed by atoms with Crippen LogP contribution in [0.3, 0.4) is 0 Å². The van der Waals surface area contributed by atoms with Gasteiger partial charge in [0.15, 0.2) is 0 Å². The Morgan fingerprint density at radius 1 is 1.67 bits per heavy atom. The molecular formula is C12H18ClNS. The van der Waals surface area contributed by atoms with Gasteiger partial charge < -0.3 is 0 Å². The molecule has 0 radical (unpaired) electrons. The van der Waals surface area contributed by atoms with E-state index < -0.39 is 0 Å². The molecule has 2 atom stereocenters. The van der Waals surface area contributed by atoms with Gasteiger partial charge in [0.1, 0.15) is 0 Å². The summed E-state index contributed by atoms with van der Waals surface area (Å²) in [5, 5.41) is 2.22. The van der Waals surface area contributed by atoms with Gasteiger partial charge in [-0.05, 0) is 36.3 Å². The SMILES string of the molecule is CC(CCl)CN1CCc2sccc2C1C. The van der Waals surface area contributed by atoms with Crippen molar-refractivity contribution in [3.8, 4) is 0 Å². The molecule has 1 aliphatic heterocycles. The highest BCUT2D eigenvalue weighted by atomic mass is 35.5. The molecule has 2 rings (SSSR count). The molecular weight excluding hydrogens is 226 g/mol. The summed E-state index contributed by atoms with van der Waals surface area (Å²) in [5.74, 6) is 1.36. The number of thiophene rings is 1. The highest BCUT2D eigenvalue weighted by Crippen LogP contribution is 2.33. The van der Waals surface area contributed by atoms with Crippen LogP contribution in [-0.4, -0.2) is 23.9 Å². The minimum absolute atomic E-state index is 0.575. The Bertz CT molecular complexity index is 323. The van der Waals surface area contributed by atoms with Crippen molar-refractivity contribution in [1.82, 2.24) is 4.90 Å². The number of hydrogen-bond acceptors (Lipinski definition) is 2. The van der Waals surface area contributed by atoms with Gasteiger partial charge in [0.25, 0.3) is 0 Å². The lowest BCUT2D eigenvalue weighted by molar-refractivity contribution is 0.179. The zero-order valence-electron chi connectivity index (χ0n) is 9.37. The van der Waals surface area contributed by atoms with E-state index in [1.54, 1.807) is 4.88 Å². The van der Waals surface area contributed by atoms with Crippen molar-refractivity contribution in [2.75, 3.05) is 19.0 Å². The molecule has 0 N–H and O–H groups in total. The molecule has 0 fully saturated rings. The average molecular weight is 244 g/mol. The van der Waals surface area contributed by atoms with Gasteiger partial charge in [-0.2, -0.15) is 0 Å². The third kappa shape index (κ3) is 2.38. The van der Waals surface area contributed by atoms with Crippen molar-refractivity contribution in [3.05, 3.63) is 21.9 Å². The Hall–Kier alpha value is -0.0500. The molecule has 0 amide bonds. The van der Waals surface area contributed by atoms with Crippen molar-refractivity contribution in [3.63, 3.8) is 0 Å². The Morgan fingerprint density at radius 2 is 2.47 bits per heavy atom. The second-order valence-electron chi connectivity index (χ2n) is 4.48. The normalized spacial score (nSPS) is 23.8. The Balaban J connectivity index is 2.06. The van der Waals surface area contributed by atoms with Gasteiger partial charge in [-0.25, -0.2) is 0 Å². The Morgan fingerprint density at radius 3 is 3.20 bits per heavy atom. The van der Waals surface area contributed by atoms with Crippen LogP contribution >= 0.6 is 22.9 Å². The predicted molar refractivity (Wildman–Crippen MR) is 67.9 cm³/mol. The van der Waals surface area contributed by atoms with Crippen LogP contribution in [0.1, 0.15) is 30.3 Å². The minimum atomic E-state index is 0.575. The first-order chi connectivity index (χ1) is 7.22. The fourth-order valence-corrected chi connectivity index (χ4v) is 3.32. The largest absolute Gasteiger partial charge is 0.296 e. The van der Waals surface area contributed by atoms with E-state index in [1.165, 1.54) is 18.5 Å². The Labute approximate surface area is 101 Å². The fraction of sp³-hybridized carbons (Fsp3) is 0.667. The maximum atomic E-state index is 5.87. The lowest BCUT2D eigenvalue weighted by Gasteiger charge is -2.35. The summed E-state index contributed by atoms with van der Waals surface area (Å²) in [6.45, 7) is 6.85. The summed E-state index contributed by atoms with van der Waals surface area (Å²) in [6.07, 6.45) is 1.21. The van der Waals surface area contributed by atoms with Crippen LogP contribution in [-0.2, 0) is 6.42 Å².